The van der Waals surface area contributed by atoms with Crippen LogP contribution in [0.2, 0.25) is 0 Å². The summed E-state index contributed by atoms with van der Waals surface area (Å²) >= 11 is 0. The first-order valence-corrected chi connectivity index (χ1v) is 9.61. The topological polar surface area (TPSA) is 113 Å². The molecule has 0 saturated carbocycles. The number of benzene rings is 2. The van der Waals surface area contributed by atoms with Gasteiger partial charge in [0.2, 0.25) is 5.91 Å². The molecule has 2 atom stereocenters. The van der Waals surface area contributed by atoms with Crippen molar-refractivity contribution in [1.82, 2.24) is 10.3 Å². The molecule has 1 fully saturated rings. The largest absolute Gasteiger partial charge is 0.493 e. The number of nitrogens with one attached hydrogen (secondary N) is 1. The third-order valence-electron chi connectivity index (χ3n) is 5.12. The summed E-state index contributed by atoms with van der Waals surface area (Å²) in [5.74, 6) is -0.465. The van der Waals surface area contributed by atoms with E-state index >= 15 is 0 Å². The molecule has 160 valence electrons. The molecule has 10 heteroatoms. The molecular weight excluding hydrogens is 402 g/mol. The van der Waals surface area contributed by atoms with Crippen LogP contribution in [-0.4, -0.2) is 55.6 Å². The van der Waals surface area contributed by atoms with Crippen molar-refractivity contribution in [2.75, 3.05) is 25.7 Å². The zero-order valence-corrected chi connectivity index (χ0v) is 17.0. The van der Waals surface area contributed by atoms with E-state index in [1.807, 2.05) is 30.3 Å². The Morgan fingerprint density at radius 1 is 1.03 bits per heavy atom. The fraction of sp³-hybridized carbons (Fsp3) is 0.286. The van der Waals surface area contributed by atoms with Crippen molar-refractivity contribution in [1.29, 1.82) is 0 Å². The van der Waals surface area contributed by atoms with Gasteiger partial charge in [0, 0.05) is 12.6 Å². The van der Waals surface area contributed by atoms with Crippen LogP contribution in [0.4, 0.5) is 5.69 Å². The van der Waals surface area contributed by atoms with Crippen molar-refractivity contribution in [3.8, 4) is 11.5 Å². The lowest BCUT2D eigenvalue weighted by atomic mass is 10.1. The summed E-state index contributed by atoms with van der Waals surface area (Å²) in [4.78, 5) is 39.3. The van der Waals surface area contributed by atoms with Crippen molar-refractivity contribution in [3.05, 3.63) is 54.1 Å². The summed E-state index contributed by atoms with van der Waals surface area (Å²) < 4.78 is 10.5. The number of anilines is 1. The van der Waals surface area contributed by atoms with Crippen molar-refractivity contribution in [2.45, 2.75) is 18.6 Å². The highest BCUT2D eigenvalue weighted by Crippen LogP contribution is 2.36. The minimum absolute atomic E-state index is 0.184. The summed E-state index contributed by atoms with van der Waals surface area (Å²) in [6, 6.07) is 12.3. The number of rotatable bonds is 7. The van der Waals surface area contributed by atoms with Gasteiger partial charge in [-0.3, -0.25) is 19.4 Å². The molecular formula is C21H21N5O5. The molecule has 1 N–H and O–H groups in total. The fourth-order valence-corrected chi connectivity index (χ4v) is 3.57. The Kier molecular flexibility index (Phi) is 5.52. The van der Waals surface area contributed by atoms with Gasteiger partial charge in [-0.2, -0.15) is 5.11 Å². The molecule has 2 aliphatic rings. The molecule has 31 heavy (non-hydrogen) atoms. The summed E-state index contributed by atoms with van der Waals surface area (Å²) in [6.45, 7) is 0.166. The number of amides is 3. The summed E-state index contributed by atoms with van der Waals surface area (Å²) in [7, 11) is 2.96. The van der Waals surface area contributed by atoms with Crippen LogP contribution in [-0.2, 0) is 20.9 Å². The molecule has 0 bridgehead atoms. The van der Waals surface area contributed by atoms with E-state index in [9.17, 15) is 14.4 Å². The minimum Gasteiger partial charge on any atom is -0.493 e. The Hall–Kier alpha value is -3.95. The van der Waals surface area contributed by atoms with Crippen LogP contribution >= 0.6 is 0 Å². The Balaban J connectivity index is 1.46. The summed E-state index contributed by atoms with van der Waals surface area (Å²) in [5, 5.41) is 11.9. The van der Waals surface area contributed by atoms with E-state index < -0.39 is 23.9 Å². The number of fused-ring (bicyclic) bond motifs is 1. The van der Waals surface area contributed by atoms with Gasteiger partial charge >= 0.3 is 0 Å². The van der Waals surface area contributed by atoms with Crippen molar-refractivity contribution in [3.63, 3.8) is 0 Å². The van der Waals surface area contributed by atoms with Crippen LogP contribution in [0.25, 0.3) is 0 Å². The highest BCUT2D eigenvalue weighted by atomic mass is 16.5. The van der Waals surface area contributed by atoms with E-state index in [1.54, 1.807) is 18.2 Å². The second-order valence-electron chi connectivity index (χ2n) is 7.01. The van der Waals surface area contributed by atoms with E-state index in [0.717, 1.165) is 10.5 Å². The van der Waals surface area contributed by atoms with Crippen LogP contribution < -0.4 is 19.7 Å². The Labute approximate surface area is 178 Å². The Morgan fingerprint density at radius 2 is 1.77 bits per heavy atom. The standard InChI is InChI=1S/C21H21N5O5/c1-30-15-9-8-14(10-16(15)31-2)26-20(28)18-19(21(26)29)25(24-23-18)12-17(27)22-11-13-6-4-3-5-7-13/h3-10,18-19H,11-12H2,1-2H3,(H,22,27)/t18-,19+/m1/s1. The van der Waals surface area contributed by atoms with Crippen molar-refractivity contribution >= 4 is 23.4 Å². The third-order valence-corrected chi connectivity index (χ3v) is 5.12. The molecule has 4 rings (SSSR count). The molecule has 10 nitrogen and oxygen atoms in total. The predicted octanol–water partition coefficient (Wildman–Crippen LogP) is 1.31. The van der Waals surface area contributed by atoms with Gasteiger partial charge in [-0.05, 0) is 17.7 Å². The predicted molar refractivity (Wildman–Crippen MR) is 109 cm³/mol. The number of carbonyl (C=O) groups is 3. The molecule has 0 unspecified atom stereocenters. The van der Waals surface area contributed by atoms with Gasteiger partial charge in [0.05, 0.1) is 19.9 Å². The molecule has 0 aliphatic carbocycles. The molecule has 2 heterocycles. The number of carbonyl (C=O) groups excluding carboxylic acids is 3. The van der Waals surface area contributed by atoms with E-state index in [1.165, 1.54) is 19.2 Å². The lowest BCUT2D eigenvalue weighted by Gasteiger charge is -2.20. The minimum atomic E-state index is -0.984. The number of ether oxygens (including phenoxy) is 2. The maximum atomic E-state index is 13.1. The lowest BCUT2D eigenvalue weighted by molar-refractivity contribution is -0.125. The highest BCUT2D eigenvalue weighted by Gasteiger charge is 2.55. The van der Waals surface area contributed by atoms with Gasteiger partial charge < -0.3 is 14.8 Å². The zero-order chi connectivity index (χ0) is 22.0. The fourth-order valence-electron chi connectivity index (χ4n) is 3.57. The number of nitrogens with zero attached hydrogens (tertiary/aromatic N) is 4. The first-order chi connectivity index (χ1) is 15.0. The highest BCUT2D eigenvalue weighted by molar-refractivity contribution is 6.25. The Bertz CT molecular complexity index is 1040. The summed E-state index contributed by atoms with van der Waals surface area (Å²) in [6.07, 6.45) is 0. The molecule has 2 aromatic rings. The summed E-state index contributed by atoms with van der Waals surface area (Å²) in [5.41, 5.74) is 1.29. The first kappa shape index (κ1) is 20.3. The maximum absolute atomic E-state index is 13.1. The van der Waals surface area contributed by atoms with Crippen molar-refractivity contribution in [2.24, 2.45) is 10.3 Å². The van der Waals surface area contributed by atoms with Crippen LogP contribution in [0, 0.1) is 0 Å². The molecule has 1 saturated heterocycles. The van der Waals surface area contributed by atoms with Gasteiger partial charge in [-0.15, -0.1) is 0 Å². The van der Waals surface area contributed by atoms with E-state index in [0.29, 0.717) is 23.7 Å². The SMILES string of the molecule is COc1ccc(N2C(=O)[C@@H]3[C@@H](N=NN3CC(=O)NCc3ccccc3)C2=O)cc1OC. The molecule has 0 radical (unpaired) electrons. The van der Waals surface area contributed by atoms with Gasteiger partial charge in [-0.25, -0.2) is 4.90 Å². The number of hydrogen-bond acceptors (Lipinski definition) is 8. The smallest absolute Gasteiger partial charge is 0.263 e. The van der Waals surface area contributed by atoms with Gasteiger partial charge in [0.25, 0.3) is 11.8 Å². The van der Waals surface area contributed by atoms with Crippen LogP contribution in [0.5, 0.6) is 11.5 Å². The lowest BCUT2D eigenvalue weighted by Crippen LogP contribution is -2.44. The monoisotopic (exact) mass is 423 g/mol. The van der Waals surface area contributed by atoms with Crippen LogP contribution in [0.1, 0.15) is 5.56 Å². The number of imide groups is 1. The zero-order valence-electron chi connectivity index (χ0n) is 17.0. The molecule has 0 spiro atoms. The van der Waals surface area contributed by atoms with Crippen LogP contribution in [0.15, 0.2) is 58.9 Å². The molecule has 3 amide bonds. The Morgan fingerprint density at radius 3 is 2.48 bits per heavy atom. The first-order valence-electron chi connectivity index (χ1n) is 9.61. The number of hydrogen-bond donors (Lipinski definition) is 1. The van der Waals surface area contributed by atoms with Crippen molar-refractivity contribution < 1.29 is 23.9 Å². The normalized spacial score (nSPS) is 19.5. The van der Waals surface area contributed by atoms with Crippen LogP contribution in [0.3, 0.4) is 0 Å². The average Bonchev–Trinajstić information content (AvgIpc) is 3.31. The molecule has 0 aromatic heterocycles. The van der Waals surface area contributed by atoms with E-state index in [-0.39, 0.29) is 12.5 Å². The second kappa shape index (κ2) is 8.42. The van der Waals surface area contributed by atoms with E-state index in [4.69, 9.17) is 9.47 Å². The van der Waals surface area contributed by atoms with Gasteiger partial charge in [0.1, 0.15) is 6.54 Å². The van der Waals surface area contributed by atoms with E-state index in [2.05, 4.69) is 15.7 Å². The maximum Gasteiger partial charge on any atom is 0.263 e. The average molecular weight is 423 g/mol. The quantitative estimate of drug-likeness (QED) is 0.672. The molecule has 2 aliphatic heterocycles. The molecule has 2 aromatic carbocycles. The second-order valence-corrected chi connectivity index (χ2v) is 7.01. The number of methoxy groups -OCH3 is 2. The van der Waals surface area contributed by atoms with Gasteiger partial charge in [0.15, 0.2) is 23.6 Å². The third kappa shape index (κ3) is 3.79. The van der Waals surface area contributed by atoms with Gasteiger partial charge in [-0.1, -0.05) is 35.6 Å².